The van der Waals surface area contributed by atoms with Gasteiger partial charge in [0.05, 0.1) is 6.54 Å². The first-order valence-corrected chi connectivity index (χ1v) is 8.98. The molecule has 1 aliphatic carbocycles. The third-order valence-electron chi connectivity index (χ3n) is 5.27. The van der Waals surface area contributed by atoms with Gasteiger partial charge in [0.2, 0.25) is 11.8 Å². The topological polar surface area (TPSA) is 52.7 Å². The van der Waals surface area contributed by atoms with Crippen LogP contribution in [-0.4, -0.2) is 60.9 Å². The summed E-state index contributed by atoms with van der Waals surface area (Å²) in [5, 5.41) is 3.28. The van der Waals surface area contributed by atoms with Crippen LogP contribution in [-0.2, 0) is 9.59 Å². The predicted molar refractivity (Wildman–Crippen MR) is 92.6 cm³/mol. The Morgan fingerprint density at radius 1 is 1.04 bits per heavy atom. The largest absolute Gasteiger partial charge is 0.342 e. The maximum absolute atomic E-state index is 12.1. The summed E-state index contributed by atoms with van der Waals surface area (Å²) in [5.41, 5.74) is 0. The minimum absolute atomic E-state index is 0. The molecule has 0 atom stereocenters. The molecule has 2 saturated heterocycles. The fraction of sp³-hybridized carbons (Fsp3) is 0.882. The Kier molecular flexibility index (Phi) is 7.15. The van der Waals surface area contributed by atoms with Crippen molar-refractivity contribution in [2.45, 2.75) is 44.9 Å². The van der Waals surface area contributed by atoms with Crippen molar-refractivity contribution in [2.75, 3.05) is 39.3 Å². The molecule has 0 aromatic heterocycles. The number of rotatable bonds is 6. The van der Waals surface area contributed by atoms with Crippen LogP contribution in [0.15, 0.2) is 0 Å². The molecule has 2 heterocycles. The zero-order valence-electron chi connectivity index (χ0n) is 14.0. The Bertz CT molecular complexity index is 407. The van der Waals surface area contributed by atoms with Crippen LogP contribution in [0, 0.1) is 11.8 Å². The molecule has 3 rings (SSSR count). The lowest BCUT2D eigenvalue weighted by Gasteiger charge is -2.36. The highest BCUT2D eigenvalue weighted by molar-refractivity contribution is 5.85. The van der Waals surface area contributed by atoms with Gasteiger partial charge in [-0.25, -0.2) is 0 Å². The molecule has 132 valence electrons. The summed E-state index contributed by atoms with van der Waals surface area (Å²) < 4.78 is 0. The van der Waals surface area contributed by atoms with Crippen LogP contribution in [0.4, 0.5) is 0 Å². The van der Waals surface area contributed by atoms with Gasteiger partial charge in [-0.05, 0) is 56.9 Å². The van der Waals surface area contributed by atoms with Gasteiger partial charge in [0.1, 0.15) is 0 Å². The quantitative estimate of drug-likeness (QED) is 0.798. The number of hydrogen-bond acceptors (Lipinski definition) is 3. The second kappa shape index (κ2) is 8.88. The number of piperidine rings is 2. The summed E-state index contributed by atoms with van der Waals surface area (Å²) in [6.07, 6.45) is 7.65. The Morgan fingerprint density at radius 3 is 2.43 bits per heavy atom. The van der Waals surface area contributed by atoms with Crippen LogP contribution in [0.25, 0.3) is 0 Å². The minimum Gasteiger partial charge on any atom is -0.342 e. The second-order valence-corrected chi connectivity index (χ2v) is 7.20. The number of hydrogen-bond donors (Lipinski definition) is 1. The Morgan fingerprint density at radius 2 is 1.78 bits per heavy atom. The molecular weight excluding hydrogens is 314 g/mol. The van der Waals surface area contributed by atoms with Crippen LogP contribution in [0.3, 0.4) is 0 Å². The van der Waals surface area contributed by atoms with Gasteiger partial charge in [-0.3, -0.25) is 9.59 Å². The van der Waals surface area contributed by atoms with E-state index in [1.807, 2.05) is 9.80 Å². The molecule has 2 aliphatic heterocycles. The molecule has 0 aromatic rings. The summed E-state index contributed by atoms with van der Waals surface area (Å²) in [5.74, 6) is 1.97. The number of nitrogens with zero attached hydrogens (tertiary/aromatic N) is 2. The summed E-state index contributed by atoms with van der Waals surface area (Å²) >= 11 is 0. The third-order valence-corrected chi connectivity index (χ3v) is 5.27. The molecule has 0 aromatic carbocycles. The van der Waals surface area contributed by atoms with Crippen LogP contribution in [0.5, 0.6) is 0 Å². The van der Waals surface area contributed by atoms with Crippen LogP contribution < -0.4 is 5.32 Å². The molecule has 3 fully saturated rings. The molecule has 0 spiro atoms. The average Bonchev–Trinajstić information content (AvgIpc) is 3.34. The standard InChI is InChI=1S/C17H29N3O2.ClH/c21-16-3-1-2-8-20(16)13-15-6-9-19(10-7-15)17(22)12-18-11-14-4-5-14;/h14-15,18H,1-13H2;1H. The molecule has 3 aliphatic rings. The molecule has 0 unspecified atom stereocenters. The van der Waals surface area contributed by atoms with Crippen molar-refractivity contribution in [3.63, 3.8) is 0 Å². The van der Waals surface area contributed by atoms with E-state index in [0.29, 0.717) is 18.4 Å². The molecule has 0 bridgehead atoms. The van der Waals surface area contributed by atoms with Gasteiger partial charge in [-0.15, -0.1) is 12.4 Å². The SMILES string of the molecule is Cl.O=C(CNCC1CC1)N1CCC(CN2CCCCC2=O)CC1. The first kappa shape index (κ1) is 18.5. The van der Waals surface area contributed by atoms with E-state index in [4.69, 9.17) is 0 Å². The summed E-state index contributed by atoms with van der Waals surface area (Å²) in [7, 11) is 0. The van der Waals surface area contributed by atoms with Crippen molar-refractivity contribution in [3.05, 3.63) is 0 Å². The maximum Gasteiger partial charge on any atom is 0.236 e. The first-order valence-electron chi connectivity index (χ1n) is 8.98. The molecule has 5 nitrogen and oxygen atoms in total. The highest BCUT2D eigenvalue weighted by Crippen LogP contribution is 2.27. The number of carbonyl (C=O) groups excluding carboxylic acids is 2. The molecule has 2 amide bonds. The van der Waals surface area contributed by atoms with Gasteiger partial charge in [0, 0.05) is 32.6 Å². The van der Waals surface area contributed by atoms with E-state index in [9.17, 15) is 9.59 Å². The van der Waals surface area contributed by atoms with E-state index in [-0.39, 0.29) is 18.3 Å². The number of carbonyl (C=O) groups is 2. The lowest BCUT2D eigenvalue weighted by Crippen LogP contribution is -2.46. The van der Waals surface area contributed by atoms with E-state index in [1.165, 1.54) is 12.8 Å². The Labute approximate surface area is 145 Å². The normalized spacial score (nSPS) is 22.9. The zero-order chi connectivity index (χ0) is 15.4. The lowest BCUT2D eigenvalue weighted by atomic mass is 9.95. The van der Waals surface area contributed by atoms with Gasteiger partial charge >= 0.3 is 0 Å². The van der Waals surface area contributed by atoms with Crippen molar-refractivity contribution < 1.29 is 9.59 Å². The van der Waals surface area contributed by atoms with E-state index in [1.54, 1.807) is 0 Å². The maximum atomic E-state index is 12.1. The molecule has 1 saturated carbocycles. The van der Waals surface area contributed by atoms with Gasteiger partial charge < -0.3 is 15.1 Å². The van der Waals surface area contributed by atoms with Crippen molar-refractivity contribution in [2.24, 2.45) is 11.8 Å². The molecule has 1 N–H and O–H groups in total. The van der Waals surface area contributed by atoms with Crippen molar-refractivity contribution in [1.82, 2.24) is 15.1 Å². The molecule has 0 radical (unpaired) electrons. The van der Waals surface area contributed by atoms with Crippen LogP contribution in [0.1, 0.15) is 44.9 Å². The molecule has 23 heavy (non-hydrogen) atoms. The fourth-order valence-corrected chi connectivity index (χ4v) is 3.55. The average molecular weight is 344 g/mol. The van der Waals surface area contributed by atoms with E-state index in [2.05, 4.69) is 5.32 Å². The zero-order valence-corrected chi connectivity index (χ0v) is 14.8. The van der Waals surface area contributed by atoms with Gasteiger partial charge in [-0.1, -0.05) is 0 Å². The van der Waals surface area contributed by atoms with Crippen LogP contribution >= 0.6 is 12.4 Å². The van der Waals surface area contributed by atoms with Gasteiger partial charge in [0.25, 0.3) is 0 Å². The summed E-state index contributed by atoms with van der Waals surface area (Å²) in [6.45, 7) is 5.04. The lowest BCUT2D eigenvalue weighted by molar-refractivity contribution is -0.136. The molecule has 6 heteroatoms. The van der Waals surface area contributed by atoms with Crippen LogP contribution in [0.2, 0.25) is 0 Å². The second-order valence-electron chi connectivity index (χ2n) is 7.20. The van der Waals surface area contributed by atoms with Crippen molar-refractivity contribution >= 4 is 24.2 Å². The Balaban J connectivity index is 0.00000192. The number of likely N-dealkylation sites (tertiary alicyclic amines) is 2. The van der Waals surface area contributed by atoms with Crippen molar-refractivity contribution in [3.8, 4) is 0 Å². The number of halogens is 1. The number of nitrogens with one attached hydrogen (secondary N) is 1. The number of amides is 2. The summed E-state index contributed by atoms with van der Waals surface area (Å²) in [4.78, 5) is 28.1. The highest BCUT2D eigenvalue weighted by atomic mass is 35.5. The Hall–Kier alpha value is -0.810. The van der Waals surface area contributed by atoms with Crippen molar-refractivity contribution in [1.29, 1.82) is 0 Å². The fourth-order valence-electron chi connectivity index (χ4n) is 3.55. The van der Waals surface area contributed by atoms with Gasteiger partial charge in [-0.2, -0.15) is 0 Å². The predicted octanol–water partition coefficient (Wildman–Crippen LogP) is 1.66. The smallest absolute Gasteiger partial charge is 0.236 e. The first-order chi connectivity index (χ1) is 10.7. The van der Waals surface area contributed by atoms with E-state index < -0.39 is 0 Å². The molecular formula is C17H30ClN3O2. The monoisotopic (exact) mass is 343 g/mol. The summed E-state index contributed by atoms with van der Waals surface area (Å²) in [6, 6.07) is 0. The third kappa shape index (κ3) is 5.64. The van der Waals surface area contributed by atoms with E-state index in [0.717, 1.165) is 70.7 Å². The van der Waals surface area contributed by atoms with E-state index >= 15 is 0 Å². The van der Waals surface area contributed by atoms with Gasteiger partial charge in [0.15, 0.2) is 0 Å². The minimum atomic E-state index is 0. The highest BCUT2D eigenvalue weighted by Gasteiger charge is 2.27.